The van der Waals surface area contributed by atoms with Crippen molar-refractivity contribution in [1.29, 1.82) is 0 Å². The molecule has 2 aromatic carbocycles. The zero-order valence-electron chi connectivity index (χ0n) is 10.3. The fraction of sp³-hybridized carbons (Fsp3) is 0.143. The van der Waals surface area contributed by atoms with Crippen molar-refractivity contribution in [2.24, 2.45) is 5.84 Å². The number of benzene rings is 2. The monoisotopic (exact) mass is 420 g/mol. The summed E-state index contributed by atoms with van der Waals surface area (Å²) in [5.74, 6) is 5.33. The van der Waals surface area contributed by atoms with Crippen molar-refractivity contribution < 1.29 is 4.39 Å². The second-order valence-corrected chi connectivity index (χ2v) is 6.36. The molecule has 2 nitrogen and oxygen atoms in total. The molecule has 20 heavy (non-hydrogen) atoms. The molecule has 1 unspecified atom stereocenters. The van der Waals surface area contributed by atoms with Gasteiger partial charge in [0.25, 0.3) is 0 Å². The molecule has 3 N–H and O–H groups in total. The van der Waals surface area contributed by atoms with E-state index in [0.29, 0.717) is 15.9 Å². The first-order valence-corrected chi connectivity index (χ1v) is 7.83. The highest BCUT2D eigenvalue weighted by Crippen LogP contribution is 2.29. The van der Waals surface area contributed by atoms with Gasteiger partial charge in [-0.1, -0.05) is 29.8 Å². The predicted octanol–water partition coefficient (Wildman–Crippen LogP) is 4.75. The van der Waals surface area contributed by atoms with E-state index in [2.05, 4.69) is 37.3 Å². The summed E-state index contributed by atoms with van der Waals surface area (Å²) in [6.07, 6.45) is 0.548. The van der Waals surface area contributed by atoms with Crippen LogP contribution in [0.3, 0.4) is 0 Å². The second-order valence-electron chi connectivity index (χ2n) is 4.31. The molecule has 0 saturated carbocycles. The number of nitrogens with two attached hydrogens (primary N) is 1. The summed E-state index contributed by atoms with van der Waals surface area (Å²) in [7, 11) is 0. The van der Waals surface area contributed by atoms with Gasteiger partial charge in [-0.3, -0.25) is 11.3 Å². The van der Waals surface area contributed by atoms with E-state index in [-0.39, 0.29) is 11.9 Å². The van der Waals surface area contributed by atoms with Crippen molar-refractivity contribution in [2.45, 2.75) is 12.5 Å². The maximum Gasteiger partial charge on any atom is 0.137 e. The fourth-order valence-electron chi connectivity index (χ4n) is 1.93. The van der Waals surface area contributed by atoms with Crippen LogP contribution in [-0.2, 0) is 6.42 Å². The maximum atomic E-state index is 13.5. The zero-order chi connectivity index (χ0) is 14.7. The predicted molar refractivity (Wildman–Crippen MR) is 87.0 cm³/mol. The van der Waals surface area contributed by atoms with Crippen LogP contribution in [0.2, 0.25) is 5.02 Å². The highest BCUT2D eigenvalue weighted by atomic mass is 79.9. The van der Waals surface area contributed by atoms with E-state index in [4.69, 9.17) is 17.4 Å². The Morgan fingerprint density at radius 1 is 1.25 bits per heavy atom. The summed E-state index contributed by atoms with van der Waals surface area (Å²) in [6.45, 7) is 0. The quantitative estimate of drug-likeness (QED) is 0.551. The molecule has 0 bridgehead atoms. The Balaban J connectivity index is 2.28. The summed E-state index contributed by atoms with van der Waals surface area (Å²) < 4.78 is 14.8. The van der Waals surface area contributed by atoms with Crippen LogP contribution in [0.4, 0.5) is 4.39 Å². The lowest BCUT2D eigenvalue weighted by Crippen LogP contribution is -2.29. The smallest absolute Gasteiger partial charge is 0.137 e. The molecule has 1 atom stereocenters. The minimum absolute atomic E-state index is 0.154. The largest absolute Gasteiger partial charge is 0.271 e. The molecule has 2 aromatic rings. The van der Waals surface area contributed by atoms with Gasteiger partial charge in [-0.05, 0) is 67.6 Å². The SMILES string of the molecule is NNC(Cc1cccc(F)c1Br)c1ccc(Br)c(Cl)c1. The third kappa shape index (κ3) is 3.59. The molecular weight excluding hydrogens is 410 g/mol. The summed E-state index contributed by atoms with van der Waals surface area (Å²) in [4.78, 5) is 0. The lowest BCUT2D eigenvalue weighted by atomic mass is 9.99. The van der Waals surface area contributed by atoms with Crippen LogP contribution in [0.1, 0.15) is 17.2 Å². The van der Waals surface area contributed by atoms with Crippen molar-refractivity contribution >= 4 is 43.5 Å². The Morgan fingerprint density at radius 3 is 2.65 bits per heavy atom. The standard InChI is InChI=1S/C14H12Br2ClFN2/c15-10-5-4-8(6-11(10)17)13(20-19)7-9-2-1-3-12(18)14(9)16/h1-6,13,20H,7,19H2. The summed E-state index contributed by atoms with van der Waals surface area (Å²) in [5.41, 5.74) is 4.52. The van der Waals surface area contributed by atoms with Crippen molar-refractivity contribution in [3.63, 3.8) is 0 Å². The molecule has 0 aliphatic rings. The van der Waals surface area contributed by atoms with Crippen molar-refractivity contribution in [3.8, 4) is 0 Å². The second kappa shape index (κ2) is 7.00. The molecule has 106 valence electrons. The Bertz CT molecular complexity index is 622. The van der Waals surface area contributed by atoms with Gasteiger partial charge in [0.2, 0.25) is 0 Å². The van der Waals surface area contributed by atoms with E-state index < -0.39 is 0 Å². The van der Waals surface area contributed by atoms with E-state index in [1.807, 2.05) is 24.3 Å². The van der Waals surface area contributed by atoms with Gasteiger partial charge < -0.3 is 0 Å². The third-order valence-corrected chi connectivity index (χ3v) is 5.12. The van der Waals surface area contributed by atoms with Crippen molar-refractivity contribution in [2.75, 3.05) is 0 Å². The summed E-state index contributed by atoms with van der Waals surface area (Å²) in [5, 5.41) is 0.612. The van der Waals surface area contributed by atoms with Crippen LogP contribution in [0.5, 0.6) is 0 Å². The summed E-state index contributed by atoms with van der Waals surface area (Å²) in [6, 6.07) is 10.4. The van der Waals surface area contributed by atoms with Gasteiger partial charge in [-0.2, -0.15) is 0 Å². The van der Waals surface area contributed by atoms with Crippen LogP contribution in [0.15, 0.2) is 45.3 Å². The molecule has 0 heterocycles. The van der Waals surface area contributed by atoms with Gasteiger partial charge in [0, 0.05) is 4.47 Å². The van der Waals surface area contributed by atoms with E-state index >= 15 is 0 Å². The molecule has 0 aliphatic carbocycles. The molecule has 0 aromatic heterocycles. The first kappa shape index (κ1) is 15.9. The van der Waals surface area contributed by atoms with Gasteiger partial charge in [-0.25, -0.2) is 4.39 Å². The summed E-state index contributed by atoms with van der Waals surface area (Å²) >= 11 is 12.7. The van der Waals surface area contributed by atoms with Gasteiger partial charge in [0.15, 0.2) is 0 Å². The molecule has 0 aliphatic heterocycles. The number of rotatable bonds is 4. The average molecular weight is 423 g/mol. The number of hydrazine groups is 1. The maximum absolute atomic E-state index is 13.5. The normalized spacial score (nSPS) is 12.4. The van der Waals surface area contributed by atoms with Gasteiger partial charge in [-0.15, -0.1) is 0 Å². The molecule has 0 spiro atoms. The molecule has 0 saturated heterocycles. The first-order valence-electron chi connectivity index (χ1n) is 5.87. The van der Waals surface area contributed by atoms with Crippen LogP contribution in [0, 0.1) is 5.82 Å². The molecule has 0 fully saturated rings. The van der Waals surface area contributed by atoms with E-state index in [1.165, 1.54) is 6.07 Å². The van der Waals surface area contributed by atoms with E-state index in [1.54, 1.807) is 6.07 Å². The Kier molecular flexibility index (Phi) is 5.57. The Hall–Kier alpha value is -0.460. The molecular formula is C14H12Br2ClFN2. The first-order chi connectivity index (χ1) is 9.52. The molecule has 6 heteroatoms. The Labute approximate surface area is 138 Å². The van der Waals surface area contributed by atoms with Crippen LogP contribution in [0.25, 0.3) is 0 Å². The molecule has 0 amide bonds. The lowest BCUT2D eigenvalue weighted by molar-refractivity contribution is 0.546. The minimum atomic E-state index is -0.285. The fourth-order valence-corrected chi connectivity index (χ4v) is 2.79. The van der Waals surface area contributed by atoms with Crippen LogP contribution >= 0.6 is 43.5 Å². The molecule has 2 rings (SSSR count). The van der Waals surface area contributed by atoms with Crippen LogP contribution in [-0.4, -0.2) is 0 Å². The number of nitrogens with one attached hydrogen (secondary N) is 1. The number of hydrogen-bond donors (Lipinski definition) is 2. The van der Waals surface area contributed by atoms with E-state index in [9.17, 15) is 4.39 Å². The van der Waals surface area contributed by atoms with Crippen molar-refractivity contribution in [3.05, 3.63) is 67.3 Å². The van der Waals surface area contributed by atoms with Gasteiger partial charge >= 0.3 is 0 Å². The lowest BCUT2D eigenvalue weighted by Gasteiger charge is -2.18. The topological polar surface area (TPSA) is 38.0 Å². The van der Waals surface area contributed by atoms with E-state index in [0.717, 1.165) is 15.6 Å². The van der Waals surface area contributed by atoms with Gasteiger partial charge in [0.05, 0.1) is 15.5 Å². The van der Waals surface area contributed by atoms with Crippen LogP contribution < -0.4 is 11.3 Å². The highest BCUT2D eigenvalue weighted by Gasteiger charge is 2.15. The molecule has 0 radical (unpaired) electrons. The Morgan fingerprint density at radius 2 is 2.00 bits per heavy atom. The highest BCUT2D eigenvalue weighted by molar-refractivity contribution is 9.10. The third-order valence-electron chi connectivity index (χ3n) is 3.00. The van der Waals surface area contributed by atoms with Gasteiger partial charge in [0.1, 0.15) is 5.82 Å². The number of halogens is 4. The zero-order valence-corrected chi connectivity index (χ0v) is 14.3. The number of hydrogen-bond acceptors (Lipinski definition) is 2. The minimum Gasteiger partial charge on any atom is -0.271 e. The average Bonchev–Trinajstić information content (AvgIpc) is 2.44. The van der Waals surface area contributed by atoms with Crippen molar-refractivity contribution in [1.82, 2.24) is 5.43 Å².